The molecule has 0 heterocycles. The molecule has 0 aromatic heterocycles. The highest BCUT2D eigenvalue weighted by Gasteiger charge is 2.32. The summed E-state index contributed by atoms with van der Waals surface area (Å²) >= 11 is 0. The smallest absolute Gasteiger partial charge is 0.264 e. The summed E-state index contributed by atoms with van der Waals surface area (Å²) in [5.41, 5.74) is 0.997. The van der Waals surface area contributed by atoms with Gasteiger partial charge >= 0.3 is 0 Å². The fraction of sp³-hybridized carbons (Fsp3) is 0.310. The number of amides is 2. The minimum absolute atomic E-state index is 0.0666. The number of nitrogens with one attached hydrogen (secondary N) is 1. The van der Waals surface area contributed by atoms with Crippen LogP contribution >= 0.6 is 0 Å². The number of halogens is 1. The molecule has 0 bridgehead atoms. The average molecular weight is 556 g/mol. The third kappa shape index (κ3) is 7.57. The number of anilines is 1. The molecule has 0 aliphatic carbocycles. The van der Waals surface area contributed by atoms with Gasteiger partial charge in [-0.05, 0) is 74.4 Å². The zero-order valence-electron chi connectivity index (χ0n) is 22.5. The molecule has 1 N–H and O–H groups in total. The lowest BCUT2D eigenvalue weighted by atomic mass is 10.1. The van der Waals surface area contributed by atoms with E-state index >= 15 is 0 Å². The molecule has 0 unspecified atom stereocenters. The monoisotopic (exact) mass is 555 g/mol. The van der Waals surface area contributed by atoms with Crippen molar-refractivity contribution in [3.8, 4) is 5.75 Å². The lowest BCUT2D eigenvalue weighted by Gasteiger charge is -2.32. The third-order valence-corrected chi connectivity index (χ3v) is 8.19. The Labute approximate surface area is 229 Å². The molecule has 0 saturated heterocycles. The van der Waals surface area contributed by atoms with E-state index in [9.17, 15) is 22.4 Å². The highest BCUT2D eigenvalue weighted by Crippen LogP contribution is 2.25. The number of hydrogen-bond acceptors (Lipinski definition) is 5. The van der Waals surface area contributed by atoms with Crippen molar-refractivity contribution in [1.82, 2.24) is 10.2 Å². The molecule has 0 aliphatic rings. The van der Waals surface area contributed by atoms with Crippen molar-refractivity contribution in [1.29, 1.82) is 0 Å². The number of rotatable bonds is 12. The zero-order chi connectivity index (χ0) is 28.6. The molecule has 3 aromatic carbocycles. The molecule has 208 valence electrons. The van der Waals surface area contributed by atoms with Crippen LogP contribution in [0.3, 0.4) is 0 Å². The predicted molar refractivity (Wildman–Crippen MR) is 148 cm³/mol. The van der Waals surface area contributed by atoms with Crippen LogP contribution in [0.4, 0.5) is 10.1 Å². The van der Waals surface area contributed by atoms with Crippen molar-refractivity contribution < 1.29 is 27.1 Å². The van der Waals surface area contributed by atoms with E-state index in [-0.39, 0.29) is 29.1 Å². The zero-order valence-corrected chi connectivity index (χ0v) is 23.3. The highest BCUT2D eigenvalue weighted by molar-refractivity contribution is 7.92. The Balaban J connectivity index is 1.99. The molecule has 2 amide bonds. The summed E-state index contributed by atoms with van der Waals surface area (Å²) < 4.78 is 47.0. The third-order valence-electron chi connectivity index (χ3n) is 6.40. The second kappa shape index (κ2) is 13.2. The van der Waals surface area contributed by atoms with Crippen LogP contribution in [0.1, 0.15) is 32.8 Å². The van der Waals surface area contributed by atoms with E-state index in [1.165, 1.54) is 4.90 Å². The van der Waals surface area contributed by atoms with E-state index in [0.29, 0.717) is 12.2 Å². The first-order valence-electron chi connectivity index (χ1n) is 12.6. The van der Waals surface area contributed by atoms with Gasteiger partial charge in [0.05, 0.1) is 17.7 Å². The van der Waals surface area contributed by atoms with E-state index in [2.05, 4.69) is 5.32 Å². The molecule has 39 heavy (non-hydrogen) atoms. The molecule has 3 rings (SSSR count). The van der Waals surface area contributed by atoms with E-state index in [1.807, 2.05) is 13.8 Å². The molecule has 0 aliphatic heterocycles. The first kappa shape index (κ1) is 29.6. The van der Waals surface area contributed by atoms with Gasteiger partial charge in [0.2, 0.25) is 11.8 Å². The summed E-state index contributed by atoms with van der Waals surface area (Å²) in [4.78, 5) is 28.1. The SMILES string of the molecule is CC[C@H](C)NC(=O)[C@H](C)N(Cc1ccc(OC)cc1)C(=O)CN(c1ccccc1)S(=O)(=O)c1ccc(F)cc1. The van der Waals surface area contributed by atoms with Crippen LogP contribution in [0, 0.1) is 5.82 Å². The van der Waals surface area contributed by atoms with Gasteiger partial charge in [0.1, 0.15) is 24.2 Å². The molecule has 0 radical (unpaired) electrons. The lowest BCUT2D eigenvalue weighted by molar-refractivity contribution is -0.139. The number of hydrogen-bond donors (Lipinski definition) is 1. The molecular weight excluding hydrogens is 521 g/mol. The van der Waals surface area contributed by atoms with E-state index in [1.54, 1.807) is 68.6 Å². The summed E-state index contributed by atoms with van der Waals surface area (Å²) in [6, 6.07) is 18.7. The first-order valence-corrected chi connectivity index (χ1v) is 14.1. The van der Waals surface area contributed by atoms with Crippen molar-refractivity contribution in [2.24, 2.45) is 0 Å². The minimum atomic E-state index is -4.25. The number of ether oxygens (including phenoxy) is 1. The number of methoxy groups -OCH3 is 1. The van der Waals surface area contributed by atoms with Gasteiger partial charge in [-0.1, -0.05) is 37.3 Å². The Hall–Kier alpha value is -3.92. The fourth-order valence-corrected chi connectivity index (χ4v) is 5.25. The van der Waals surface area contributed by atoms with Crippen LogP contribution < -0.4 is 14.4 Å². The molecular formula is C29H34FN3O5S. The lowest BCUT2D eigenvalue weighted by Crippen LogP contribution is -2.52. The Kier molecular flexibility index (Phi) is 10.1. The Morgan fingerprint density at radius 1 is 0.949 bits per heavy atom. The molecule has 8 nitrogen and oxygen atoms in total. The number of carbonyl (C=O) groups is 2. The second-order valence-electron chi connectivity index (χ2n) is 9.16. The van der Waals surface area contributed by atoms with Crippen LogP contribution in [0.2, 0.25) is 0 Å². The Morgan fingerprint density at radius 3 is 2.13 bits per heavy atom. The standard InChI is InChI=1S/C29H34FN3O5S/c1-5-21(2)31-29(35)22(3)32(19-23-11-15-26(38-4)16-12-23)28(34)20-33(25-9-7-6-8-10-25)39(36,37)27-17-13-24(30)14-18-27/h6-18,21-22H,5,19-20H2,1-4H3,(H,31,35)/t21-,22-/m0/s1. The summed E-state index contributed by atoms with van der Waals surface area (Å²) in [6.07, 6.45) is 0.711. The molecule has 0 saturated carbocycles. The molecule has 0 spiro atoms. The summed E-state index contributed by atoms with van der Waals surface area (Å²) in [6.45, 7) is 4.92. The van der Waals surface area contributed by atoms with Crippen LogP contribution in [-0.2, 0) is 26.2 Å². The summed E-state index contributed by atoms with van der Waals surface area (Å²) in [5.74, 6) is -0.867. The molecule has 2 atom stereocenters. The van der Waals surface area contributed by atoms with Gasteiger partial charge in [-0.3, -0.25) is 13.9 Å². The normalized spacial score (nSPS) is 12.7. The topological polar surface area (TPSA) is 96.0 Å². The number of sulfonamides is 1. The van der Waals surface area contributed by atoms with Gasteiger partial charge in [-0.2, -0.15) is 0 Å². The summed E-state index contributed by atoms with van der Waals surface area (Å²) in [5, 5.41) is 2.89. The van der Waals surface area contributed by atoms with E-state index in [0.717, 1.165) is 34.1 Å². The number of para-hydroxylation sites is 1. The van der Waals surface area contributed by atoms with Crippen LogP contribution in [0.25, 0.3) is 0 Å². The maximum atomic E-state index is 13.8. The quantitative estimate of drug-likeness (QED) is 0.358. The van der Waals surface area contributed by atoms with Gasteiger partial charge in [0, 0.05) is 12.6 Å². The Bertz CT molecular complexity index is 1350. The highest BCUT2D eigenvalue weighted by atomic mass is 32.2. The van der Waals surface area contributed by atoms with Crippen molar-refractivity contribution in [3.05, 3.63) is 90.2 Å². The largest absolute Gasteiger partial charge is 0.497 e. The number of nitrogens with zero attached hydrogens (tertiary/aromatic N) is 2. The van der Waals surface area contributed by atoms with Crippen LogP contribution in [-0.4, -0.2) is 50.9 Å². The predicted octanol–water partition coefficient (Wildman–Crippen LogP) is 4.36. The Morgan fingerprint density at radius 2 is 1.56 bits per heavy atom. The average Bonchev–Trinajstić information content (AvgIpc) is 2.94. The molecule has 0 fully saturated rings. The van der Waals surface area contributed by atoms with Gasteiger partial charge in [0.25, 0.3) is 10.0 Å². The van der Waals surface area contributed by atoms with Crippen molar-refractivity contribution in [2.75, 3.05) is 18.0 Å². The van der Waals surface area contributed by atoms with Crippen LogP contribution in [0.15, 0.2) is 83.8 Å². The van der Waals surface area contributed by atoms with Gasteiger partial charge < -0.3 is 15.0 Å². The first-order chi connectivity index (χ1) is 18.6. The van der Waals surface area contributed by atoms with Gasteiger partial charge in [-0.25, -0.2) is 12.8 Å². The van der Waals surface area contributed by atoms with Crippen molar-refractivity contribution in [3.63, 3.8) is 0 Å². The second-order valence-corrected chi connectivity index (χ2v) is 11.0. The molecule has 3 aromatic rings. The number of benzene rings is 3. The van der Waals surface area contributed by atoms with Gasteiger partial charge in [-0.15, -0.1) is 0 Å². The molecule has 10 heteroatoms. The van der Waals surface area contributed by atoms with E-state index < -0.39 is 34.3 Å². The van der Waals surface area contributed by atoms with Crippen LogP contribution in [0.5, 0.6) is 5.75 Å². The fourth-order valence-electron chi connectivity index (χ4n) is 3.83. The van der Waals surface area contributed by atoms with Gasteiger partial charge in [0.15, 0.2) is 0 Å². The minimum Gasteiger partial charge on any atom is -0.497 e. The number of carbonyl (C=O) groups excluding carboxylic acids is 2. The summed E-state index contributed by atoms with van der Waals surface area (Å²) in [7, 11) is -2.70. The van der Waals surface area contributed by atoms with Crippen molar-refractivity contribution >= 4 is 27.5 Å². The maximum absolute atomic E-state index is 13.8. The maximum Gasteiger partial charge on any atom is 0.264 e. The van der Waals surface area contributed by atoms with E-state index in [4.69, 9.17) is 4.74 Å². The van der Waals surface area contributed by atoms with Crippen molar-refractivity contribution in [2.45, 2.75) is 50.7 Å².